The van der Waals surface area contributed by atoms with Gasteiger partial charge in [-0.2, -0.15) is 4.98 Å². The number of aliphatic hydroxyl groups is 3. The summed E-state index contributed by atoms with van der Waals surface area (Å²) in [6, 6.07) is 6.23. The fourth-order valence-corrected chi connectivity index (χ4v) is 5.42. The van der Waals surface area contributed by atoms with Crippen LogP contribution >= 0.6 is 0 Å². The number of nitrogens with two attached hydrogens (primary N) is 1. The zero-order valence-corrected chi connectivity index (χ0v) is 28.7. The van der Waals surface area contributed by atoms with Crippen LogP contribution in [-0.4, -0.2) is 123 Å². The third kappa shape index (κ3) is 10.3. The molecule has 7 atom stereocenters. The van der Waals surface area contributed by atoms with Gasteiger partial charge in [-0.25, -0.2) is 19.4 Å². The quantitative estimate of drug-likeness (QED) is 0.0603. The van der Waals surface area contributed by atoms with Gasteiger partial charge in [0.15, 0.2) is 23.6 Å². The van der Waals surface area contributed by atoms with Crippen molar-refractivity contribution in [2.45, 2.75) is 89.0 Å². The zero-order chi connectivity index (χ0) is 38.2. The molecule has 1 aromatic carbocycles. The van der Waals surface area contributed by atoms with Crippen LogP contribution in [0.15, 0.2) is 41.5 Å². The van der Waals surface area contributed by atoms with E-state index in [1.54, 1.807) is 30.5 Å². The number of fused-ring (bicyclic) bond motifs is 1. The maximum atomic E-state index is 12.8. The van der Waals surface area contributed by atoms with Crippen LogP contribution in [-0.2, 0) is 38.6 Å². The molecule has 2 amide bonds. The highest BCUT2D eigenvalue weighted by Crippen LogP contribution is 2.22. The molecule has 21 heteroatoms. The van der Waals surface area contributed by atoms with Gasteiger partial charge >= 0.3 is 5.97 Å². The van der Waals surface area contributed by atoms with Crippen molar-refractivity contribution in [2.24, 2.45) is 0 Å². The molecule has 4 heterocycles. The van der Waals surface area contributed by atoms with Gasteiger partial charge in [-0.1, -0.05) is 5.21 Å². The van der Waals surface area contributed by atoms with Gasteiger partial charge in [-0.3, -0.25) is 19.4 Å². The second-order valence-corrected chi connectivity index (χ2v) is 12.6. The standard InChI is InChI=1S/C32H41N11O10/c1-15(37-28(48)17-4-6-18(7-5-17)34-12-20-13-35-27-22(38-20)29(49)40-32(33)39-27)3-8-21(44)36-16(2)11-19-14-43(42-41-19)9-10-52-31-25(47)23(45)24(46)26(53-31)30(50)51/h4-7,13-16,23-26,31,34,45-47H,3,8-12H2,1-2H3,(H,36,44)(H,37,48)(H,50,51)(H3,33,35,39,40,49)/t15-,16-,23+,24?,25?,26?,31+/m1/s1. The molecule has 0 saturated carbocycles. The van der Waals surface area contributed by atoms with E-state index in [1.165, 1.54) is 10.9 Å². The van der Waals surface area contributed by atoms with Gasteiger partial charge in [0.05, 0.1) is 37.3 Å². The van der Waals surface area contributed by atoms with E-state index >= 15 is 0 Å². The van der Waals surface area contributed by atoms with Crippen LogP contribution in [0.4, 0.5) is 11.6 Å². The SMILES string of the molecule is C[C@H](Cc1cn(CCO[C@H]2OC(C(=O)O)C(O)[C@H](O)C2O)nn1)NC(=O)CC[C@@H](C)NC(=O)c1ccc(NCc2cnc3nc(N)[nH]c(=O)c3n2)cc1. The van der Waals surface area contributed by atoms with E-state index in [4.69, 9.17) is 20.3 Å². The lowest BCUT2D eigenvalue weighted by Crippen LogP contribution is -2.60. The number of aromatic amines is 1. The van der Waals surface area contributed by atoms with Crippen LogP contribution in [0.5, 0.6) is 0 Å². The van der Waals surface area contributed by atoms with Crippen LogP contribution < -0.4 is 27.2 Å². The first-order chi connectivity index (χ1) is 25.3. The molecule has 1 aliphatic rings. The molecule has 0 bridgehead atoms. The van der Waals surface area contributed by atoms with Crippen molar-refractivity contribution < 1.29 is 44.3 Å². The molecule has 3 unspecified atom stereocenters. The molecule has 10 N–H and O–H groups in total. The van der Waals surface area contributed by atoms with Crippen LogP contribution in [0.25, 0.3) is 11.2 Å². The Kier molecular flexibility index (Phi) is 12.6. The molecule has 0 aliphatic carbocycles. The number of anilines is 2. The number of aromatic nitrogens is 7. The number of nitrogens with one attached hydrogen (secondary N) is 4. The predicted molar refractivity (Wildman–Crippen MR) is 184 cm³/mol. The van der Waals surface area contributed by atoms with E-state index in [2.05, 4.69) is 46.2 Å². The summed E-state index contributed by atoms with van der Waals surface area (Å²) in [6.07, 6.45) is -4.37. The molecule has 3 aromatic heterocycles. The van der Waals surface area contributed by atoms with E-state index in [1.807, 2.05) is 13.8 Å². The number of H-pyrrole nitrogens is 1. The molecule has 284 valence electrons. The summed E-state index contributed by atoms with van der Waals surface area (Å²) >= 11 is 0. The van der Waals surface area contributed by atoms with Gasteiger partial charge in [-0.15, -0.1) is 5.10 Å². The number of carbonyl (C=O) groups excluding carboxylic acids is 2. The molecular weight excluding hydrogens is 698 g/mol. The highest BCUT2D eigenvalue weighted by molar-refractivity contribution is 5.94. The summed E-state index contributed by atoms with van der Waals surface area (Å²) in [6.45, 7) is 3.97. The highest BCUT2D eigenvalue weighted by atomic mass is 16.7. The first-order valence-corrected chi connectivity index (χ1v) is 16.7. The fraction of sp³-hybridized carbons (Fsp3) is 0.469. The van der Waals surface area contributed by atoms with E-state index in [9.17, 15) is 34.5 Å². The summed E-state index contributed by atoms with van der Waals surface area (Å²) in [7, 11) is 0. The number of hydrogen-bond donors (Lipinski definition) is 9. The Hall–Kier alpha value is -5.61. The van der Waals surface area contributed by atoms with Crippen LogP contribution in [0, 0.1) is 0 Å². The third-order valence-electron chi connectivity index (χ3n) is 8.21. The maximum Gasteiger partial charge on any atom is 0.335 e. The van der Waals surface area contributed by atoms with E-state index in [0.717, 1.165) is 5.69 Å². The van der Waals surface area contributed by atoms with Gasteiger partial charge in [0.1, 0.15) is 18.3 Å². The normalized spacial score (nSPS) is 21.1. The van der Waals surface area contributed by atoms with E-state index in [-0.39, 0.29) is 67.1 Å². The molecule has 0 spiro atoms. The van der Waals surface area contributed by atoms with Crippen molar-refractivity contribution >= 4 is 40.6 Å². The van der Waals surface area contributed by atoms with Crippen LogP contribution in [0.3, 0.4) is 0 Å². The monoisotopic (exact) mass is 739 g/mol. The number of carboxylic acids is 1. The lowest BCUT2D eigenvalue weighted by Gasteiger charge is -2.38. The second-order valence-electron chi connectivity index (χ2n) is 12.6. The number of carboxylic acid groups (broad SMARTS) is 1. The first kappa shape index (κ1) is 38.6. The Morgan fingerprint density at radius 2 is 1.79 bits per heavy atom. The van der Waals surface area contributed by atoms with Crippen molar-refractivity contribution in [3.05, 3.63) is 64.0 Å². The largest absolute Gasteiger partial charge is 0.479 e. The number of aliphatic carboxylic acids is 1. The number of rotatable bonds is 16. The number of ether oxygens (including phenoxy) is 2. The van der Waals surface area contributed by atoms with Crippen molar-refractivity contribution in [1.82, 2.24) is 45.6 Å². The fourth-order valence-electron chi connectivity index (χ4n) is 5.42. The minimum atomic E-state index is -1.81. The molecule has 21 nitrogen and oxygen atoms in total. The lowest BCUT2D eigenvalue weighted by atomic mass is 9.99. The predicted octanol–water partition coefficient (Wildman–Crippen LogP) is -1.95. The van der Waals surface area contributed by atoms with Crippen LogP contribution in [0.2, 0.25) is 0 Å². The Bertz CT molecular complexity index is 1960. The molecule has 53 heavy (non-hydrogen) atoms. The Balaban J connectivity index is 0.984. The van der Waals surface area contributed by atoms with Crippen molar-refractivity contribution in [3.63, 3.8) is 0 Å². The summed E-state index contributed by atoms with van der Waals surface area (Å²) in [5, 5.41) is 55.9. The van der Waals surface area contributed by atoms with Gasteiger partial charge in [0.25, 0.3) is 11.5 Å². The average molecular weight is 740 g/mol. The van der Waals surface area contributed by atoms with E-state index < -0.39 is 42.2 Å². The first-order valence-electron chi connectivity index (χ1n) is 16.7. The second kappa shape index (κ2) is 17.3. The number of nitrogens with zero attached hydrogens (tertiary/aromatic N) is 6. The van der Waals surface area contributed by atoms with Gasteiger partial charge in [0, 0.05) is 42.4 Å². The minimum Gasteiger partial charge on any atom is -0.479 e. The van der Waals surface area contributed by atoms with Crippen molar-refractivity contribution in [3.8, 4) is 0 Å². The molecule has 5 rings (SSSR count). The molecule has 1 aliphatic heterocycles. The Labute approximate surface area is 301 Å². The Morgan fingerprint density at radius 3 is 2.53 bits per heavy atom. The number of nitrogen functional groups attached to an aromatic ring is 1. The summed E-state index contributed by atoms with van der Waals surface area (Å²) < 4.78 is 11.9. The Morgan fingerprint density at radius 1 is 1.04 bits per heavy atom. The average Bonchev–Trinajstić information content (AvgIpc) is 3.56. The topological polar surface area (TPSA) is 315 Å². The van der Waals surface area contributed by atoms with Crippen molar-refractivity contribution in [2.75, 3.05) is 17.7 Å². The number of benzene rings is 1. The molecular formula is C32H41N11O10. The molecule has 1 fully saturated rings. The molecule has 0 radical (unpaired) electrons. The van der Waals surface area contributed by atoms with Crippen molar-refractivity contribution in [1.29, 1.82) is 0 Å². The number of amides is 2. The van der Waals surface area contributed by atoms with Gasteiger partial charge in [0.2, 0.25) is 11.9 Å². The van der Waals surface area contributed by atoms with Crippen LogP contribution in [0.1, 0.15) is 48.4 Å². The van der Waals surface area contributed by atoms with Gasteiger partial charge < -0.3 is 51.6 Å². The lowest BCUT2D eigenvalue weighted by molar-refractivity contribution is -0.294. The summed E-state index contributed by atoms with van der Waals surface area (Å²) in [4.78, 5) is 63.5. The molecule has 4 aromatic rings. The smallest absolute Gasteiger partial charge is 0.335 e. The highest BCUT2D eigenvalue weighted by Gasteiger charge is 2.47. The van der Waals surface area contributed by atoms with E-state index in [0.29, 0.717) is 29.8 Å². The number of hydrogen-bond acceptors (Lipinski definition) is 16. The summed E-state index contributed by atoms with van der Waals surface area (Å²) in [5.41, 5.74) is 7.53. The number of aliphatic hydroxyl groups excluding tert-OH is 3. The van der Waals surface area contributed by atoms with Gasteiger partial charge in [-0.05, 0) is 44.5 Å². The third-order valence-corrected chi connectivity index (χ3v) is 8.21. The summed E-state index contributed by atoms with van der Waals surface area (Å²) in [5.74, 6) is -2.04. The number of carbonyl (C=O) groups is 3. The molecule has 1 saturated heterocycles. The minimum absolute atomic E-state index is 0.0415. The zero-order valence-electron chi connectivity index (χ0n) is 28.7. The maximum absolute atomic E-state index is 12.8.